The van der Waals surface area contributed by atoms with Crippen LogP contribution in [0.4, 0.5) is 0 Å². The number of carboxylic acid groups (broad SMARTS) is 1. The van der Waals surface area contributed by atoms with Crippen molar-refractivity contribution in [1.82, 2.24) is 4.31 Å². The molecule has 0 bridgehead atoms. The van der Waals surface area contributed by atoms with Gasteiger partial charge in [-0.15, -0.1) is 0 Å². The van der Waals surface area contributed by atoms with Crippen molar-refractivity contribution in [1.29, 1.82) is 0 Å². The van der Waals surface area contributed by atoms with Crippen LogP contribution in [0, 0.1) is 6.92 Å². The predicted octanol–water partition coefficient (Wildman–Crippen LogP) is 1.92. The monoisotopic (exact) mass is 345 g/mol. The standard InChI is InChI=1S/C14H16ClNO5S/c1-9-12(15)6-10(14(17)18)7-13(9)22(19,20)16-5-3-4-11(8-16)21-2/h3-4,6-7,11H,5,8H2,1-2H3,(H,17,18). The van der Waals surface area contributed by atoms with E-state index in [1.807, 2.05) is 0 Å². The molecule has 0 saturated carbocycles. The van der Waals surface area contributed by atoms with Gasteiger partial charge < -0.3 is 9.84 Å². The van der Waals surface area contributed by atoms with Crippen LogP contribution in [0.1, 0.15) is 15.9 Å². The Bertz CT molecular complexity index is 729. The van der Waals surface area contributed by atoms with Gasteiger partial charge in [0.1, 0.15) is 0 Å². The lowest BCUT2D eigenvalue weighted by Gasteiger charge is -2.28. The van der Waals surface area contributed by atoms with Crippen LogP contribution < -0.4 is 0 Å². The molecular weight excluding hydrogens is 330 g/mol. The molecule has 0 saturated heterocycles. The fraction of sp³-hybridized carbons (Fsp3) is 0.357. The van der Waals surface area contributed by atoms with Crippen LogP contribution in [0.2, 0.25) is 5.02 Å². The van der Waals surface area contributed by atoms with E-state index in [4.69, 9.17) is 21.4 Å². The normalized spacial score (nSPS) is 19.3. The number of carboxylic acids is 1. The molecule has 1 unspecified atom stereocenters. The summed E-state index contributed by atoms with van der Waals surface area (Å²) in [7, 11) is -2.36. The van der Waals surface area contributed by atoms with Gasteiger partial charge in [0.15, 0.2) is 0 Å². The van der Waals surface area contributed by atoms with Crippen molar-refractivity contribution in [2.45, 2.75) is 17.9 Å². The molecule has 2 rings (SSSR count). The first kappa shape index (κ1) is 17.0. The van der Waals surface area contributed by atoms with Crippen molar-refractivity contribution >= 4 is 27.6 Å². The maximum absolute atomic E-state index is 12.8. The summed E-state index contributed by atoms with van der Waals surface area (Å²) >= 11 is 5.98. The molecule has 22 heavy (non-hydrogen) atoms. The topological polar surface area (TPSA) is 83.9 Å². The third-order valence-electron chi connectivity index (χ3n) is 3.51. The van der Waals surface area contributed by atoms with Crippen molar-refractivity contribution in [2.75, 3.05) is 20.2 Å². The molecule has 0 aliphatic carbocycles. The first-order valence-electron chi connectivity index (χ1n) is 6.50. The summed E-state index contributed by atoms with van der Waals surface area (Å²) in [5.74, 6) is -1.23. The smallest absolute Gasteiger partial charge is 0.335 e. The van der Waals surface area contributed by atoms with Gasteiger partial charge in [0, 0.05) is 25.2 Å². The highest BCUT2D eigenvalue weighted by Crippen LogP contribution is 2.28. The number of aromatic carboxylic acids is 1. The van der Waals surface area contributed by atoms with E-state index < -0.39 is 16.0 Å². The molecule has 0 spiro atoms. The Hall–Kier alpha value is -1.41. The van der Waals surface area contributed by atoms with Gasteiger partial charge in [-0.05, 0) is 24.6 Å². The van der Waals surface area contributed by atoms with Gasteiger partial charge in [-0.2, -0.15) is 4.31 Å². The number of hydrogen-bond acceptors (Lipinski definition) is 4. The summed E-state index contributed by atoms with van der Waals surface area (Å²) in [6, 6.07) is 2.38. The summed E-state index contributed by atoms with van der Waals surface area (Å²) in [4.78, 5) is 11.0. The predicted molar refractivity (Wildman–Crippen MR) is 81.8 cm³/mol. The first-order valence-corrected chi connectivity index (χ1v) is 8.32. The molecule has 8 heteroatoms. The van der Waals surface area contributed by atoms with Gasteiger partial charge in [-0.25, -0.2) is 13.2 Å². The van der Waals surface area contributed by atoms with Crippen LogP contribution in [0.25, 0.3) is 0 Å². The average molecular weight is 346 g/mol. The summed E-state index contributed by atoms with van der Waals surface area (Å²) in [5.41, 5.74) is 0.167. The van der Waals surface area contributed by atoms with Gasteiger partial charge in [0.25, 0.3) is 0 Å². The number of sulfonamides is 1. The zero-order chi connectivity index (χ0) is 16.5. The number of rotatable bonds is 4. The van der Waals surface area contributed by atoms with E-state index in [-0.39, 0.29) is 34.7 Å². The highest BCUT2D eigenvalue weighted by atomic mass is 35.5. The molecule has 1 aromatic rings. The quantitative estimate of drug-likeness (QED) is 0.843. The lowest BCUT2D eigenvalue weighted by atomic mass is 10.1. The first-order chi connectivity index (χ1) is 10.3. The van der Waals surface area contributed by atoms with Crippen molar-refractivity contribution in [3.05, 3.63) is 40.4 Å². The Kier molecular flexibility index (Phi) is 4.91. The minimum Gasteiger partial charge on any atom is -0.478 e. The zero-order valence-electron chi connectivity index (χ0n) is 12.1. The number of methoxy groups -OCH3 is 1. The second kappa shape index (κ2) is 6.37. The minimum absolute atomic E-state index is 0.0949. The molecule has 1 aliphatic rings. The van der Waals surface area contributed by atoms with Crippen LogP contribution in [0.3, 0.4) is 0 Å². The van der Waals surface area contributed by atoms with Crippen LogP contribution >= 0.6 is 11.6 Å². The summed E-state index contributed by atoms with van der Waals surface area (Å²) in [5, 5.41) is 9.19. The highest BCUT2D eigenvalue weighted by molar-refractivity contribution is 7.89. The van der Waals surface area contributed by atoms with Gasteiger partial charge >= 0.3 is 5.97 Å². The molecular formula is C14H16ClNO5S. The summed E-state index contributed by atoms with van der Waals surface area (Å²) in [6.07, 6.45) is 3.16. The van der Waals surface area contributed by atoms with Crippen molar-refractivity contribution in [3.63, 3.8) is 0 Å². The molecule has 120 valence electrons. The number of carbonyl (C=O) groups is 1. The van der Waals surface area contributed by atoms with Crippen LogP contribution in [-0.4, -0.2) is 50.1 Å². The molecule has 0 radical (unpaired) electrons. The van der Waals surface area contributed by atoms with Crippen molar-refractivity contribution < 1.29 is 23.1 Å². The van der Waals surface area contributed by atoms with Crippen LogP contribution in [0.5, 0.6) is 0 Å². The number of hydrogen-bond donors (Lipinski definition) is 1. The fourth-order valence-corrected chi connectivity index (χ4v) is 4.15. The SMILES string of the molecule is COC1C=CCN(S(=O)(=O)c2cc(C(=O)O)cc(Cl)c2C)C1. The average Bonchev–Trinajstić information content (AvgIpc) is 2.49. The molecule has 1 aromatic carbocycles. The van der Waals surface area contributed by atoms with E-state index in [1.165, 1.54) is 17.5 Å². The number of ether oxygens (including phenoxy) is 1. The molecule has 1 aliphatic heterocycles. The van der Waals surface area contributed by atoms with E-state index in [0.717, 1.165) is 6.07 Å². The Morgan fingerprint density at radius 1 is 1.45 bits per heavy atom. The van der Waals surface area contributed by atoms with Gasteiger partial charge in [-0.3, -0.25) is 0 Å². The van der Waals surface area contributed by atoms with E-state index >= 15 is 0 Å². The second-order valence-corrected chi connectivity index (χ2v) is 7.22. The number of nitrogens with zero attached hydrogens (tertiary/aromatic N) is 1. The molecule has 1 N–H and O–H groups in total. The Morgan fingerprint density at radius 3 is 2.73 bits per heavy atom. The van der Waals surface area contributed by atoms with Crippen LogP contribution in [0.15, 0.2) is 29.2 Å². The van der Waals surface area contributed by atoms with E-state index in [0.29, 0.717) is 5.56 Å². The molecule has 1 heterocycles. The van der Waals surface area contributed by atoms with Crippen molar-refractivity contribution in [3.8, 4) is 0 Å². The maximum Gasteiger partial charge on any atom is 0.335 e. The van der Waals surface area contributed by atoms with Gasteiger partial charge in [-0.1, -0.05) is 23.8 Å². The van der Waals surface area contributed by atoms with E-state index in [1.54, 1.807) is 19.1 Å². The zero-order valence-corrected chi connectivity index (χ0v) is 13.7. The Labute approximate surface area is 134 Å². The van der Waals surface area contributed by atoms with Gasteiger partial charge in [0.2, 0.25) is 10.0 Å². The highest BCUT2D eigenvalue weighted by Gasteiger charge is 2.30. The third-order valence-corrected chi connectivity index (χ3v) is 5.86. The van der Waals surface area contributed by atoms with E-state index in [9.17, 15) is 13.2 Å². The summed E-state index contributed by atoms with van der Waals surface area (Å²) < 4.78 is 32.0. The number of halogens is 1. The molecule has 6 nitrogen and oxygen atoms in total. The Morgan fingerprint density at radius 2 is 2.14 bits per heavy atom. The number of benzene rings is 1. The lowest BCUT2D eigenvalue weighted by molar-refractivity contribution is 0.0696. The third kappa shape index (κ3) is 3.17. The minimum atomic E-state index is -3.86. The Balaban J connectivity index is 2.50. The molecule has 0 amide bonds. The molecule has 1 atom stereocenters. The van der Waals surface area contributed by atoms with Crippen molar-refractivity contribution in [2.24, 2.45) is 0 Å². The fourth-order valence-electron chi connectivity index (χ4n) is 2.20. The maximum atomic E-state index is 12.8. The largest absolute Gasteiger partial charge is 0.478 e. The summed E-state index contributed by atoms with van der Waals surface area (Å²) in [6.45, 7) is 1.93. The van der Waals surface area contributed by atoms with Crippen LogP contribution in [-0.2, 0) is 14.8 Å². The second-order valence-electron chi connectivity index (χ2n) is 4.91. The lowest BCUT2D eigenvalue weighted by Crippen LogP contribution is -2.40. The van der Waals surface area contributed by atoms with E-state index in [2.05, 4.69) is 0 Å². The molecule has 0 aromatic heterocycles. The molecule has 0 fully saturated rings. The van der Waals surface area contributed by atoms with Gasteiger partial charge in [0.05, 0.1) is 16.6 Å².